The maximum atomic E-state index is 6.12. The summed E-state index contributed by atoms with van der Waals surface area (Å²) in [4.78, 5) is 0. The molecule has 1 heterocycles. The normalized spacial score (nSPS) is 15.1. The lowest BCUT2D eigenvalue weighted by Gasteiger charge is -2.09. The van der Waals surface area contributed by atoms with E-state index in [-0.39, 0.29) is 0 Å². The van der Waals surface area contributed by atoms with E-state index in [2.05, 4.69) is 0 Å². The van der Waals surface area contributed by atoms with Crippen molar-refractivity contribution in [2.45, 2.75) is 6.42 Å². The van der Waals surface area contributed by atoms with Crippen LogP contribution in [-0.2, 0) is 0 Å². The molecule has 0 atom stereocenters. The van der Waals surface area contributed by atoms with Crippen LogP contribution in [0.15, 0.2) is 18.2 Å². The highest BCUT2D eigenvalue weighted by Gasteiger charge is 2.12. The smallest absolute Gasteiger partial charge is 0.162 e. The van der Waals surface area contributed by atoms with Crippen LogP contribution in [0.4, 0.5) is 0 Å². The highest BCUT2D eigenvalue weighted by Crippen LogP contribution is 2.35. The van der Waals surface area contributed by atoms with E-state index in [1.165, 1.54) is 0 Å². The van der Waals surface area contributed by atoms with Gasteiger partial charge in [0, 0.05) is 19.0 Å². The van der Waals surface area contributed by atoms with Crippen molar-refractivity contribution >= 4 is 17.7 Å². The molecule has 3 nitrogen and oxygen atoms in total. The van der Waals surface area contributed by atoms with Crippen LogP contribution in [0, 0.1) is 0 Å². The van der Waals surface area contributed by atoms with Crippen LogP contribution in [0.3, 0.4) is 0 Å². The van der Waals surface area contributed by atoms with Gasteiger partial charge in [-0.15, -0.1) is 0 Å². The molecular formula is C12H14ClNO2. The van der Waals surface area contributed by atoms with Gasteiger partial charge in [0.05, 0.1) is 18.2 Å². The van der Waals surface area contributed by atoms with Crippen molar-refractivity contribution in [3.63, 3.8) is 0 Å². The van der Waals surface area contributed by atoms with Gasteiger partial charge in [-0.2, -0.15) is 0 Å². The predicted octanol–water partition coefficient (Wildman–Crippen LogP) is 2.47. The van der Waals surface area contributed by atoms with Crippen LogP contribution >= 0.6 is 11.6 Å². The van der Waals surface area contributed by atoms with Crippen molar-refractivity contribution in [3.05, 3.63) is 28.8 Å². The third kappa shape index (κ3) is 2.49. The Morgan fingerprint density at radius 1 is 1.25 bits per heavy atom. The number of fused-ring (bicyclic) bond motifs is 1. The average Bonchev–Trinajstić information content (AvgIpc) is 2.50. The summed E-state index contributed by atoms with van der Waals surface area (Å²) in [7, 11) is 0. The fourth-order valence-corrected chi connectivity index (χ4v) is 1.74. The van der Waals surface area contributed by atoms with Gasteiger partial charge in [-0.3, -0.25) is 0 Å². The number of nitrogens with two attached hydrogens (primary N) is 1. The van der Waals surface area contributed by atoms with Gasteiger partial charge in [0.15, 0.2) is 11.5 Å². The molecule has 0 saturated heterocycles. The minimum absolute atomic E-state index is 0.491. The number of ether oxygens (including phenoxy) is 2. The molecule has 16 heavy (non-hydrogen) atoms. The van der Waals surface area contributed by atoms with Crippen molar-refractivity contribution in [2.75, 3.05) is 19.8 Å². The zero-order valence-electron chi connectivity index (χ0n) is 8.91. The van der Waals surface area contributed by atoms with Gasteiger partial charge in [0.2, 0.25) is 0 Å². The molecule has 0 fully saturated rings. The Morgan fingerprint density at radius 2 is 1.94 bits per heavy atom. The quantitative estimate of drug-likeness (QED) is 0.862. The molecule has 0 saturated carbocycles. The molecule has 1 aromatic rings. The van der Waals surface area contributed by atoms with E-state index in [1.807, 2.05) is 18.2 Å². The first-order chi connectivity index (χ1) is 7.81. The van der Waals surface area contributed by atoms with Gasteiger partial charge in [0.1, 0.15) is 0 Å². The molecular weight excluding hydrogens is 226 g/mol. The summed E-state index contributed by atoms with van der Waals surface area (Å²) in [5.74, 6) is 1.46. The fraction of sp³-hybridized carbons (Fsp3) is 0.333. The number of rotatable bonds is 2. The van der Waals surface area contributed by atoms with Crippen molar-refractivity contribution in [1.82, 2.24) is 0 Å². The molecule has 0 amide bonds. The second-order valence-electron chi connectivity index (χ2n) is 3.51. The molecule has 1 aliphatic rings. The summed E-state index contributed by atoms with van der Waals surface area (Å²) in [6, 6.07) is 3.67. The lowest BCUT2D eigenvalue weighted by molar-refractivity contribution is 0.297. The second kappa shape index (κ2) is 5.23. The highest BCUT2D eigenvalue weighted by atomic mass is 35.5. The monoisotopic (exact) mass is 239 g/mol. The fourth-order valence-electron chi connectivity index (χ4n) is 1.52. The van der Waals surface area contributed by atoms with Crippen molar-refractivity contribution in [3.8, 4) is 11.5 Å². The van der Waals surface area contributed by atoms with E-state index in [4.69, 9.17) is 26.8 Å². The molecule has 0 bridgehead atoms. The molecule has 0 aromatic heterocycles. The number of halogens is 1. The van der Waals surface area contributed by atoms with Gasteiger partial charge < -0.3 is 15.2 Å². The van der Waals surface area contributed by atoms with Crippen LogP contribution in [0.5, 0.6) is 11.5 Å². The summed E-state index contributed by atoms with van der Waals surface area (Å²) < 4.78 is 11.1. The SMILES string of the molecule is NC/C=C/c1cc2c(cc1Cl)OCCCO2. The van der Waals surface area contributed by atoms with Crippen LogP contribution in [0.25, 0.3) is 6.08 Å². The van der Waals surface area contributed by atoms with Crippen molar-refractivity contribution in [1.29, 1.82) is 0 Å². The minimum atomic E-state index is 0.491. The first-order valence-corrected chi connectivity index (χ1v) is 5.65. The summed E-state index contributed by atoms with van der Waals surface area (Å²) in [5.41, 5.74) is 6.30. The molecule has 86 valence electrons. The molecule has 1 aliphatic heterocycles. The predicted molar refractivity (Wildman–Crippen MR) is 65.1 cm³/mol. The Morgan fingerprint density at radius 3 is 2.62 bits per heavy atom. The molecule has 0 unspecified atom stereocenters. The molecule has 0 radical (unpaired) electrons. The molecule has 4 heteroatoms. The lowest BCUT2D eigenvalue weighted by atomic mass is 10.2. The van der Waals surface area contributed by atoms with Crippen molar-refractivity contribution < 1.29 is 9.47 Å². The largest absolute Gasteiger partial charge is 0.490 e. The third-order valence-electron chi connectivity index (χ3n) is 2.30. The Balaban J connectivity index is 2.35. The molecule has 0 spiro atoms. The summed E-state index contributed by atoms with van der Waals surface area (Å²) >= 11 is 6.12. The maximum Gasteiger partial charge on any atom is 0.162 e. The van der Waals surface area contributed by atoms with Gasteiger partial charge in [0.25, 0.3) is 0 Å². The molecule has 0 aliphatic carbocycles. The summed E-state index contributed by atoms with van der Waals surface area (Å²) in [5, 5.41) is 0.647. The number of hydrogen-bond donors (Lipinski definition) is 1. The first kappa shape index (κ1) is 11.3. The van der Waals surface area contributed by atoms with E-state index in [9.17, 15) is 0 Å². The Bertz CT molecular complexity index is 404. The van der Waals surface area contributed by atoms with E-state index in [0.717, 1.165) is 17.7 Å². The van der Waals surface area contributed by atoms with Crippen molar-refractivity contribution in [2.24, 2.45) is 5.73 Å². The van der Waals surface area contributed by atoms with E-state index in [1.54, 1.807) is 6.07 Å². The number of benzene rings is 1. The molecule has 2 N–H and O–H groups in total. The van der Waals surface area contributed by atoms with Crippen LogP contribution in [0.2, 0.25) is 5.02 Å². The topological polar surface area (TPSA) is 44.5 Å². The zero-order valence-corrected chi connectivity index (χ0v) is 9.67. The van der Waals surface area contributed by atoms with Gasteiger partial charge in [-0.05, 0) is 11.6 Å². The Kier molecular flexibility index (Phi) is 3.70. The van der Waals surface area contributed by atoms with Crippen LogP contribution in [0.1, 0.15) is 12.0 Å². The van der Waals surface area contributed by atoms with Gasteiger partial charge in [-0.1, -0.05) is 23.8 Å². The molecule has 1 aromatic carbocycles. The van der Waals surface area contributed by atoms with Crippen LogP contribution < -0.4 is 15.2 Å². The highest BCUT2D eigenvalue weighted by molar-refractivity contribution is 6.32. The van der Waals surface area contributed by atoms with E-state index < -0.39 is 0 Å². The summed E-state index contributed by atoms with van der Waals surface area (Å²) in [6.45, 7) is 1.83. The zero-order chi connectivity index (χ0) is 11.4. The van der Waals surface area contributed by atoms with E-state index in [0.29, 0.717) is 30.5 Å². The summed E-state index contributed by atoms with van der Waals surface area (Å²) in [6.07, 6.45) is 4.63. The third-order valence-corrected chi connectivity index (χ3v) is 2.63. The lowest BCUT2D eigenvalue weighted by Crippen LogP contribution is -1.97. The van der Waals surface area contributed by atoms with Gasteiger partial charge in [-0.25, -0.2) is 0 Å². The maximum absolute atomic E-state index is 6.12. The average molecular weight is 240 g/mol. The second-order valence-corrected chi connectivity index (χ2v) is 3.92. The van der Waals surface area contributed by atoms with Crippen LogP contribution in [-0.4, -0.2) is 19.8 Å². The minimum Gasteiger partial charge on any atom is -0.490 e. The van der Waals surface area contributed by atoms with E-state index >= 15 is 0 Å². The van der Waals surface area contributed by atoms with Gasteiger partial charge >= 0.3 is 0 Å². The Hall–Kier alpha value is -1.19. The standard InChI is InChI=1S/C12H14ClNO2/c13-10-8-12-11(15-5-2-6-16-12)7-9(10)3-1-4-14/h1,3,7-8H,2,4-6,14H2/b3-1+. The number of hydrogen-bond acceptors (Lipinski definition) is 3. The molecule has 2 rings (SSSR count). The first-order valence-electron chi connectivity index (χ1n) is 5.27. The Labute approximate surface area is 99.8 Å².